The van der Waals surface area contributed by atoms with Gasteiger partial charge in [0.15, 0.2) is 0 Å². The molecular formula is C25H21N7O. The molecule has 2 heterocycles. The summed E-state index contributed by atoms with van der Waals surface area (Å²) in [5.41, 5.74) is 4.28. The summed E-state index contributed by atoms with van der Waals surface area (Å²) < 4.78 is 0. The summed E-state index contributed by atoms with van der Waals surface area (Å²) in [6.07, 6.45) is 2.40. The molecule has 0 radical (unpaired) electrons. The summed E-state index contributed by atoms with van der Waals surface area (Å²) in [5.74, 6) is 0.614. The monoisotopic (exact) mass is 435 g/mol. The van der Waals surface area contributed by atoms with E-state index < -0.39 is 0 Å². The number of urea groups is 1. The average molecular weight is 435 g/mol. The first-order valence-electron chi connectivity index (χ1n) is 10.6. The Morgan fingerprint density at radius 1 is 0.848 bits per heavy atom. The average Bonchev–Trinajstić information content (AvgIpc) is 3.33. The number of anilines is 2. The van der Waals surface area contributed by atoms with Crippen LogP contribution >= 0.6 is 0 Å². The Morgan fingerprint density at radius 3 is 2.45 bits per heavy atom. The minimum atomic E-state index is -0.319. The molecule has 0 aliphatic carbocycles. The van der Waals surface area contributed by atoms with E-state index in [2.05, 4.69) is 31.0 Å². The summed E-state index contributed by atoms with van der Waals surface area (Å²) in [6.45, 7) is 0.613. The number of para-hydroxylation sites is 1. The van der Waals surface area contributed by atoms with Gasteiger partial charge in [0.05, 0.1) is 23.9 Å². The van der Waals surface area contributed by atoms with Crippen molar-refractivity contribution in [1.29, 1.82) is 0 Å². The first-order valence-corrected chi connectivity index (χ1v) is 10.6. The fourth-order valence-corrected chi connectivity index (χ4v) is 3.46. The summed E-state index contributed by atoms with van der Waals surface area (Å²) >= 11 is 0. The van der Waals surface area contributed by atoms with Gasteiger partial charge in [-0.25, -0.2) is 4.79 Å². The third-order valence-corrected chi connectivity index (χ3v) is 5.15. The second-order valence-corrected chi connectivity index (χ2v) is 7.52. The van der Waals surface area contributed by atoms with Gasteiger partial charge in [-0.05, 0) is 41.5 Å². The molecule has 2 aromatic heterocycles. The van der Waals surface area contributed by atoms with Crippen molar-refractivity contribution < 1.29 is 4.79 Å². The molecule has 5 aromatic rings. The number of carbonyl (C=O) groups excluding carboxylic acids is 1. The molecule has 2 amide bonds. The number of fused-ring (bicyclic) bond motifs is 1. The van der Waals surface area contributed by atoms with Crippen molar-refractivity contribution in [3.8, 4) is 11.4 Å². The van der Waals surface area contributed by atoms with Crippen molar-refractivity contribution in [2.24, 2.45) is 0 Å². The van der Waals surface area contributed by atoms with Gasteiger partial charge in [-0.2, -0.15) is 4.80 Å². The predicted octanol–water partition coefficient (Wildman–Crippen LogP) is 4.78. The number of nitrogens with zero attached hydrogens (tertiary/aromatic N) is 5. The third-order valence-electron chi connectivity index (χ3n) is 5.15. The van der Waals surface area contributed by atoms with Gasteiger partial charge in [0.2, 0.25) is 5.82 Å². The SMILES string of the molecule is O=C(Nc1ccc(CCn2nnc(-c3ccccc3)n2)cc1)Nc1cnc2ccccc2c1. The first kappa shape index (κ1) is 20.3. The van der Waals surface area contributed by atoms with Gasteiger partial charge < -0.3 is 10.6 Å². The van der Waals surface area contributed by atoms with E-state index >= 15 is 0 Å². The second kappa shape index (κ2) is 9.27. The van der Waals surface area contributed by atoms with Crippen LogP contribution in [0.3, 0.4) is 0 Å². The highest BCUT2D eigenvalue weighted by Crippen LogP contribution is 2.17. The number of carbonyl (C=O) groups is 1. The van der Waals surface area contributed by atoms with E-state index in [1.54, 1.807) is 11.0 Å². The maximum absolute atomic E-state index is 12.4. The van der Waals surface area contributed by atoms with Gasteiger partial charge in [-0.3, -0.25) is 4.98 Å². The molecule has 0 unspecified atom stereocenters. The van der Waals surface area contributed by atoms with Crippen molar-refractivity contribution in [2.45, 2.75) is 13.0 Å². The van der Waals surface area contributed by atoms with Crippen molar-refractivity contribution in [3.05, 3.63) is 96.7 Å². The molecule has 0 saturated heterocycles. The van der Waals surface area contributed by atoms with Crippen LogP contribution in [0.25, 0.3) is 22.3 Å². The molecule has 0 bridgehead atoms. The minimum absolute atomic E-state index is 0.319. The Kier molecular flexibility index (Phi) is 5.71. The lowest BCUT2D eigenvalue weighted by atomic mass is 10.1. The van der Waals surface area contributed by atoms with Gasteiger partial charge >= 0.3 is 6.03 Å². The quantitative estimate of drug-likeness (QED) is 0.400. The van der Waals surface area contributed by atoms with Crippen molar-refractivity contribution >= 4 is 28.3 Å². The lowest BCUT2D eigenvalue weighted by molar-refractivity contribution is 0.262. The van der Waals surface area contributed by atoms with Crippen molar-refractivity contribution in [1.82, 2.24) is 25.2 Å². The Bertz CT molecular complexity index is 1380. The lowest BCUT2D eigenvalue weighted by Gasteiger charge is -2.09. The normalized spacial score (nSPS) is 10.8. The van der Waals surface area contributed by atoms with Crippen LogP contribution in [0.15, 0.2) is 91.1 Å². The summed E-state index contributed by atoms with van der Waals surface area (Å²) in [5, 5.41) is 19.3. The van der Waals surface area contributed by atoms with Crippen LogP contribution < -0.4 is 10.6 Å². The van der Waals surface area contributed by atoms with Gasteiger partial charge in [0.25, 0.3) is 0 Å². The van der Waals surface area contributed by atoms with Crippen molar-refractivity contribution in [3.63, 3.8) is 0 Å². The van der Waals surface area contributed by atoms with E-state index in [1.165, 1.54) is 0 Å². The fraction of sp³-hybridized carbons (Fsp3) is 0.0800. The molecule has 162 valence electrons. The number of hydrogen-bond donors (Lipinski definition) is 2. The fourth-order valence-electron chi connectivity index (χ4n) is 3.46. The van der Waals surface area contributed by atoms with E-state index in [0.717, 1.165) is 28.5 Å². The lowest BCUT2D eigenvalue weighted by Crippen LogP contribution is -2.19. The number of aromatic nitrogens is 5. The zero-order valence-corrected chi connectivity index (χ0v) is 17.7. The van der Waals surface area contributed by atoms with Gasteiger partial charge in [-0.15, -0.1) is 10.2 Å². The highest BCUT2D eigenvalue weighted by atomic mass is 16.2. The number of nitrogens with one attached hydrogen (secondary N) is 2. The van der Waals surface area contributed by atoms with Crippen LogP contribution in [-0.4, -0.2) is 31.2 Å². The molecule has 0 fully saturated rings. The Morgan fingerprint density at radius 2 is 1.61 bits per heavy atom. The van der Waals surface area contributed by atoms with E-state index in [-0.39, 0.29) is 6.03 Å². The second-order valence-electron chi connectivity index (χ2n) is 7.52. The summed E-state index contributed by atoms with van der Waals surface area (Å²) in [6, 6.07) is 26.8. The van der Waals surface area contributed by atoms with E-state index in [9.17, 15) is 4.79 Å². The molecule has 8 nitrogen and oxygen atoms in total. The number of tetrazole rings is 1. The summed E-state index contributed by atoms with van der Waals surface area (Å²) in [4.78, 5) is 18.3. The molecular weight excluding hydrogens is 414 g/mol. The van der Waals surface area contributed by atoms with E-state index in [0.29, 0.717) is 23.7 Å². The van der Waals surface area contributed by atoms with Crippen LogP contribution in [0.5, 0.6) is 0 Å². The molecule has 33 heavy (non-hydrogen) atoms. The molecule has 0 aliphatic rings. The number of amides is 2. The molecule has 8 heteroatoms. The van der Waals surface area contributed by atoms with Crippen LogP contribution in [-0.2, 0) is 13.0 Å². The number of pyridine rings is 1. The maximum Gasteiger partial charge on any atom is 0.323 e. The van der Waals surface area contributed by atoms with E-state index in [1.807, 2.05) is 84.9 Å². The van der Waals surface area contributed by atoms with Crippen molar-refractivity contribution in [2.75, 3.05) is 10.6 Å². The Balaban J connectivity index is 1.15. The van der Waals surface area contributed by atoms with Crippen LogP contribution in [0, 0.1) is 0 Å². The maximum atomic E-state index is 12.4. The Hall–Kier alpha value is -4.59. The third kappa shape index (κ3) is 5.01. The number of hydrogen-bond acceptors (Lipinski definition) is 5. The van der Waals surface area contributed by atoms with Crippen LogP contribution in [0.4, 0.5) is 16.2 Å². The molecule has 0 atom stereocenters. The van der Waals surface area contributed by atoms with Gasteiger partial charge in [-0.1, -0.05) is 60.7 Å². The highest BCUT2D eigenvalue weighted by molar-refractivity contribution is 6.00. The zero-order chi connectivity index (χ0) is 22.5. The largest absolute Gasteiger partial charge is 0.323 e. The zero-order valence-electron chi connectivity index (χ0n) is 17.7. The summed E-state index contributed by atoms with van der Waals surface area (Å²) in [7, 11) is 0. The Labute approximate surface area is 190 Å². The number of rotatable bonds is 6. The van der Waals surface area contributed by atoms with Crippen LogP contribution in [0.2, 0.25) is 0 Å². The molecule has 3 aromatic carbocycles. The predicted molar refractivity (Wildman–Crippen MR) is 128 cm³/mol. The number of aryl methyl sites for hydroxylation is 2. The molecule has 0 spiro atoms. The molecule has 5 rings (SSSR count). The first-order chi connectivity index (χ1) is 16.2. The minimum Gasteiger partial charge on any atom is -0.308 e. The smallest absolute Gasteiger partial charge is 0.308 e. The molecule has 0 saturated carbocycles. The van der Waals surface area contributed by atoms with Gasteiger partial charge in [0.1, 0.15) is 0 Å². The van der Waals surface area contributed by atoms with E-state index in [4.69, 9.17) is 0 Å². The molecule has 2 N–H and O–H groups in total. The molecule has 0 aliphatic heterocycles. The topological polar surface area (TPSA) is 97.6 Å². The standard InChI is InChI=1S/C25H21N7O/c33-25(28-22-16-20-8-4-5-9-23(20)26-17-22)27-21-12-10-18(11-13-21)14-15-32-30-24(29-31-32)19-6-2-1-3-7-19/h1-13,16-17H,14-15H2,(H2,27,28,33). The number of benzene rings is 3. The van der Waals surface area contributed by atoms with Crippen LogP contribution in [0.1, 0.15) is 5.56 Å². The highest BCUT2D eigenvalue weighted by Gasteiger charge is 2.07. The van der Waals surface area contributed by atoms with Gasteiger partial charge in [0, 0.05) is 16.6 Å².